The van der Waals surface area contributed by atoms with E-state index in [0.29, 0.717) is 32.7 Å². The lowest BCUT2D eigenvalue weighted by molar-refractivity contribution is -0.137. The molecule has 0 saturated heterocycles. The number of para-hydroxylation sites is 1. The highest BCUT2D eigenvalue weighted by molar-refractivity contribution is 6.35. The predicted molar refractivity (Wildman–Crippen MR) is 114 cm³/mol. The third-order valence-corrected chi connectivity index (χ3v) is 5.33. The van der Waals surface area contributed by atoms with E-state index < -0.39 is 11.7 Å². The van der Waals surface area contributed by atoms with Crippen LogP contribution in [0.25, 0.3) is 33.3 Å². The van der Waals surface area contributed by atoms with Gasteiger partial charge in [-0.15, -0.1) is 0 Å². The van der Waals surface area contributed by atoms with E-state index >= 15 is 0 Å². The van der Waals surface area contributed by atoms with Gasteiger partial charge in [-0.2, -0.15) is 13.2 Å². The highest BCUT2D eigenvalue weighted by atomic mass is 35.5. The van der Waals surface area contributed by atoms with Crippen molar-refractivity contribution in [3.8, 4) is 11.3 Å². The summed E-state index contributed by atoms with van der Waals surface area (Å²) in [5.41, 5.74) is 6.76. The summed E-state index contributed by atoms with van der Waals surface area (Å²) in [4.78, 5) is 20.8. The van der Waals surface area contributed by atoms with Gasteiger partial charge in [0, 0.05) is 23.3 Å². The zero-order valence-corrected chi connectivity index (χ0v) is 16.9. The van der Waals surface area contributed by atoms with Gasteiger partial charge in [0.05, 0.1) is 34.7 Å². The number of pyridine rings is 2. The second-order valence-electron chi connectivity index (χ2n) is 7.03. The van der Waals surface area contributed by atoms with E-state index in [-0.39, 0.29) is 23.6 Å². The van der Waals surface area contributed by atoms with Gasteiger partial charge in [-0.1, -0.05) is 23.7 Å². The van der Waals surface area contributed by atoms with Crippen LogP contribution in [-0.2, 0) is 12.7 Å². The van der Waals surface area contributed by atoms with Crippen molar-refractivity contribution in [2.75, 3.05) is 5.73 Å². The molecule has 0 aliphatic carbocycles. The van der Waals surface area contributed by atoms with Crippen LogP contribution in [0.1, 0.15) is 11.1 Å². The minimum absolute atomic E-state index is 0.120. The maximum Gasteiger partial charge on any atom is 0.417 e. The minimum Gasteiger partial charge on any atom is -0.382 e. The number of fused-ring (bicyclic) bond motifs is 2. The van der Waals surface area contributed by atoms with E-state index in [1.54, 1.807) is 28.8 Å². The molecule has 0 radical (unpaired) electrons. The van der Waals surface area contributed by atoms with Crippen molar-refractivity contribution in [1.29, 1.82) is 0 Å². The van der Waals surface area contributed by atoms with E-state index in [0.717, 1.165) is 18.5 Å². The van der Waals surface area contributed by atoms with Crippen LogP contribution in [0.4, 0.5) is 19.0 Å². The van der Waals surface area contributed by atoms with Crippen LogP contribution in [0.5, 0.6) is 0 Å². The van der Waals surface area contributed by atoms with Crippen LogP contribution < -0.4 is 5.73 Å². The van der Waals surface area contributed by atoms with Crippen LogP contribution in [0.2, 0.25) is 5.02 Å². The minimum atomic E-state index is -4.59. The summed E-state index contributed by atoms with van der Waals surface area (Å²) in [6.45, 7) is 0.143. The van der Waals surface area contributed by atoms with Crippen molar-refractivity contribution in [1.82, 2.24) is 29.5 Å². The fourth-order valence-electron chi connectivity index (χ4n) is 3.59. The number of alkyl halides is 3. The molecule has 4 aromatic heterocycles. The standard InChI is InChI=1S/C21H13ClF3N7/c22-15-3-1-2-11-6-12(8-32-10-30-18-19(26)28-9-29-20(18)32)16(31-17(11)15)13-7-27-5-4-14(13)21(23,24)25/h1-7,9-10H,8H2,(H2,26,28,29). The smallest absolute Gasteiger partial charge is 0.382 e. The number of nitrogens with zero attached hydrogens (tertiary/aromatic N) is 6. The number of halogens is 4. The quantitative estimate of drug-likeness (QED) is 0.422. The first-order valence-electron chi connectivity index (χ1n) is 9.34. The molecule has 5 rings (SSSR count). The van der Waals surface area contributed by atoms with Crippen LogP contribution in [-0.4, -0.2) is 29.5 Å². The van der Waals surface area contributed by atoms with Gasteiger partial charge in [-0.3, -0.25) is 4.98 Å². The third kappa shape index (κ3) is 3.38. The summed E-state index contributed by atoms with van der Waals surface area (Å²) in [6, 6.07) is 7.87. The van der Waals surface area contributed by atoms with E-state index in [2.05, 4.69) is 24.9 Å². The molecule has 2 N–H and O–H groups in total. The molecular weight excluding hydrogens is 443 g/mol. The number of nitrogens with two attached hydrogens (primary N) is 1. The number of rotatable bonds is 3. The second kappa shape index (κ2) is 7.41. The van der Waals surface area contributed by atoms with Gasteiger partial charge in [0.25, 0.3) is 0 Å². The number of aromatic nitrogens is 6. The normalized spacial score (nSPS) is 12.0. The summed E-state index contributed by atoms with van der Waals surface area (Å²) in [5.74, 6) is 0.212. The number of nitrogen functional groups attached to an aromatic ring is 1. The number of benzene rings is 1. The Labute approximate surface area is 183 Å². The Morgan fingerprint density at radius 1 is 1.06 bits per heavy atom. The molecule has 4 heterocycles. The predicted octanol–water partition coefficient (Wildman–Crippen LogP) is 4.74. The molecule has 0 aliphatic rings. The summed E-state index contributed by atoms with van der Waals surface area (Å²) in [7, 11) is 0. The average Bonchev–Trinajstić information content (AvgIpc) is 3.17. The van der Waals surface area contributed by atoms with Crippen molar-refractivity contribution in [3.05, 3.63) is 71.5 Å². The van der Waals surface area contributed by atoms with Crippen LogP contribution >= 0.6 is 11.6 Å². The van der Waals surface area contributed by atoms with Crippen molar-refractivity contribution in [2.24, 2.45) is 0 Å². The Morgan fingerprint density at radius 3 is 2.72 bits per heavy atom. The fraction of sp³-hybridized carbons (Fsp3) is 0.0952. The third-order valence-electron chi connectivity index (χ3n) is 5.03. The Bertz CT molecular complexity index is 1480. The lowest BCUT2D eigenvalue weighted by Gasteiger charge is -2.16. The second-order valence-corrected chi connectivity index (χ2v) is 7.44. The van der Waals surface area contributed by atoms with Gasteiger partial charge in [0.1, 0.15) is 11.8 Å². The average molecular weight is 456 g/mol. The molecule has 0 spiro atoms. The molecule has 0 aliphatic heterocycles. The molecule has 160 valence electrons. The molecule has 11 heteroatoms. The number of imidazole rings is 1. The Kier molecular flexibility index (Phi) is 4.66. The largest absolute Gasteiger partial charge is 0.417 e. The highest BCUT2D eigenvalue weighted by Gasteiger charge is 2.34. The van der Waals surface area contributed by atoms with E-state index in [1.807, 2.05) is 0 Å². The van der Waals surface area contributed by atoms with Crippen molar-refractivity contribution < 1.29 is 13.2 Å². The highest BCUT2D eigenvalue weighted by Crippen LogP contribution is 2.38. The lowest BCUT2D eigenvalue weighted by atomic mass is 10.00. The van der Waals surface area contributed by atoms with Gasteiger partial charge in [-0.05, 0) is 23.8 Å². The maximum atomic E-state index is 13.8. The van der Waals surface area contributed by atoms with E-state index in [4.69, 9.17) is 17.3 Å². The Balaban J connectivity index is 1.76. The molecule has 0 amide bonds. The van der Waals surface area contributed by atoms with Gasteiger partial charge < -0.3 is 10.3 Å². The van der Waals surface area contributed by atoms with E-state index in [1.165, 1.54) is 12.7 Å². The first kappa shape index (κ1) is 20.1. The maximum absolute atomic E-state index is 13.8. The molecule has 32 heavy (non-hydrogen) atoms. The van der Waals surface area contributed by atoms with E-state index in [9.17, 15) is 13.2 Å². The lowest BCUT2D eigenvalue weighted by Crippen LogP contribution is -2.10. The van der Waals surface area contributed by atoms with Crippen molar-refractivity contribution >= 4 is 39.5 Å². The SMILES string of the molecule is Nc1ncnc2c1ncn2Cc1cc2cccc(Cl)c2nc1-c1cnccc1C(F)(F)F. The summed E-state index contributed by atoms with van der Waals surface area (Å²) >= 11 is 6.29. The molecule has 0 fully saturated rings. The molecular formula is C21H13ClF3N7. The summed E-state index contributed by atoms with van der Waals surface area (Å²) < 4.78 is 43.0. The zero-order chi connectivity index (χ0) is 22.5. The Morgan fingerprint density at radius 2 is 1.91 bits per heavy atom. The molecule has 0 bridgehead atoms. The molecule has 0 saturated carbocycles. The van der Waals surface area contributed by atoms with Gasteiger partial charge in [-0.25, -0.2) is 19.9 Å². The van der Waals surface area contributed by atoms with Crippen LogP contribution in [0.3, 0.4) is 0 Å². The van der Waals surface area contributed by atoms with Crippen LogP contribution in [0, 0.1) is 0 Å². The number of anilines is 1. The molecule has 0 atom stereocenters. The van der Waals surface area contributed by atoms with Gasteiger partial charge in [0.2, 0.25) is 0 Å². The van der Waals surface area contributed by atoms with Crippen molar-refractivity contribution in [2.45, 2.75) is 12.7 Å². The molecule has 1 aromatic carbocycles. The molecule has 5 aromatic rings. The molecule has 7 nitrogen and oxygen atoms in total. The summed E-state index contributed by atoms with van der Waals surface area (Å²) in [6.07, 6.45) is 0.482. The topological polar surface area (TPSA) is 95.4 Å². The molecule has 0 unspecified atom stereocenters. The van der Waals surface area contributed by atoms with Crippen molar-refractivity contribution in [3.63, 3.8) is 0 Å². The number of hydrogen-bond donors (Lipinski definition) is 1. The first-order valence-corrected chi connectivity index (χ1v) is 9.72. The van der Waals surface area contributed by atoms with Gasteiger partial charge in [0.15, 0.2) is 11.5 Å². The Hall–Kier alpha value is -3.79. The fourth-order valence-corrected chi connectivity index (χ4v) is 3.81. The van der Waals surface area contributed by atoms with Gasteiger partial charge >= 0.3 is 6.18 Å². The number of hydrogen-bond acceptors (Lipinski definition) is 6. The first-order chi connectivity index (χ1) is 15.3. The van der Waals surface area contributed by atoms with Crippen LogP contribution in [0.15, 0.2) is 55.4 Å². The monoisotopic (exact) mass is 455 g/mol. The zero-order valence-electron chi connectivity index (χ0n) is 16.2. The summed E-state index contributed by atoms with van der Waals surface area (Å²) in [5, 5.41) is 1.02.